The first-order valence-corrected chi connectivity index (χ1v) is 6.16. The minimum Gasteiger partial charge on any atom is -0.474 e. The number of nitrogens with one attached hydrogen (secondary N) is 1. The zero-order chi connectivity index (χ0) is 14.5. The van der Waals surface area contributed by atoms with Crippen LogP contribution in [-0.4, -0.2) is 29.8 Å². The first kappa shape index (κ1) is 15.4. The first-order valence-electron chi connectivity index (χ1n) is 5.78. The molecule has 0 aromatic carbocycles. The van der Waals surface area contributed by atoms with Crippen molar-refractivity contribution in [2.24, 2.45) is 0 Å². The lowest BCUT2D eigenvalue weighted by molar-refractivity contribution is 0.0520. The lowest BCUT2D eigenvalue weighted by Crippen LogP contribution is -2.34. The molecule has 0 radical (unpaired) electrons. The average molecular weight is 288 g/mol. The molecule has 1 heterocycles. The number of halogens is 1. The number of carbonyl (C=O) groups is 1. The monoisotopic (exact) mass is 287 g/mol. The third-order valence-corrected chi connectivity index (χ3v) is 2.06. The number of amides is 1. The van der Waals surface area contributed by atoms with Gasteiger partial charge in [-0.2, -0.15) is 0 Å². The molecule has 1 amide bonds. The summed E-state index contributed by atoms with van der Waals surface area (Å²) in [4.78, 5) is 15.3. The van der Waals surface area contributed by atoms with Gasteiger partial charge in [0.2, 0.25) is 5.88 Å². The van der Waals surface area contributed by atoms with Crippen LogP contribution in [0, 0.1) is 0 Å². The Balaban J connectivity index is 2.29. The summed E-state index contributed by atoms with van der Waals surface area (Å²) in [7, 11) is 0. The number of carbonyl (C=O) groups excluding carboxylic acids is 1. The second kappa shape index (κ2) is 6.47. The average Bonchev–Trinajstić information content (AvgIpc) is 2.24. The van der Waals surface area contributed by atoms with E-state index in [1.165, 1.54) is 6.20 Å². The highest BCUT2D eigenvalue weighted by molar-refractivity contribution is 6.30. The van der Waals surface area contributed by atoms with Gasteiger partial charge in [0.25, 0.3) is 0 Å². The molecule has 0 aliphatic heterocycles. The van der Waals surface area contributed by atoms with Gasteiger partial charge in [-0.25, -0.2) is 9.78 Å². The van der Waals surface area contributed by atoms with Gasteiger partial charge in [0.1, 0.15) is 12.2 Å². The highest BCUT2D eigenvalue weighted by Crippen LogP contribution is 2.21. The molecule has 1 aromatic rings. The summed E-state index contributed by atoms with van der Waals surface area (Å²) in [6, 6.07) is 1.55. The van der Waals surface area contributed by atoms with Crippen LogP contribution in [-0.2, 0) is 4.74 Å². The highest BCUT2D eigenvalue weighted by Gasteiger charge is 2.15. The van der Waals surface area contributed by atoms with Gasteiger partial charge >= 0.3 is 6.09 Å². The molecule has 106 valence electrons. The van der Waals surface area contributed by atoms with Gasteiger partial charge in [-0.3, -0.25) is 0 Å². The van der Waals surface area contributed by atoms with Crippen LogP contribution in [0.2, 0.25) is 5.02 Å². The third-order valence-electron chi connectivity index (χ3n) is 1.85. The molecule has 19 heavy (non-hydrogen) atoms. The maximum atomic E-state index is 11.3. The summed E-state index contributed by atoms with van der Waals surface area (Å²) in [5, 5.41) is 3.00. The second-order valence-electron chi connectivity index (χ2n) is 4.83. The van der Waals surface area contributed by atoms with Crippen molar-refractivity contribution in [3.05, 3.63) is 17.3 Å². The van der Waals surface area contributed by atoms with Crippen molar-refractivity contribution in [3.63, 3.8) is 0 Å². The molecule has 1 rings (SSSR count). The van der Waals surface area contributed by atoms with Crippen LogP contribution < -0.4 is 15.8 Å². The van der Waals surface area contributed by atoms with Crippen LogP contribution in [0.15, 0.2) is 12.3 Å². The van der Waals surface area contributed by atoms with Gasteiger partial charge in [-0.05, 0) is 26.8 Å². The van der Waals surface area contributed by atoms with Gasteiger partial charge in [0.05, 0.1) is 17.3 Å². The fraction of sp³-hybridized carbons (Fsp3) is 0.500. The van der Waals surface area contributed by atoms with E-state index >= 15 is 0 Å². The molecule has 3 N–H and O–H groups in total. The minimum absolute atomic E-state index is 0.234. The number of aromatic nitrogens is 1. The fourth-order valence-corrected chi connectivity index (χ4v) is 1.34. The molecule has 0 atom stereocenters. The molecule has 0 bridgehead atoms. The quantitative estimate of drug-likeness (QED) is 0.829. The van der Waals surface area contributed by atoms with E-state index in [4.69, 9.17) is 26.8 Å². The Hall–Kier alpha value is -1.69. The number of rotatable bonds is 4. The van der Waals surface area contributed by atoms with Gasteiger partial charge in [-0.15, -0.1) is 0 Å². The molecule has 0 spiro atoms. The van der Waals surface area contributed by atoms with Crippen LogP contribution in [0.3, 0.4) is 0 Å². The summed E-state index contributed by atoms with van der Waals surface area (Å²) in [5.74, 6) is 0.287. The maximum Gasteiger partial charge on any atom is 0.407 e. The molecule has 0 aliphatic carbocycles. The predicted octanol–water partition coefficient (Wildman–Crippen LogP) is 2.22. The molecule has 0 unspecified atom stereocenters. The number of alkyl carbamates (subject to hydrolysis) is 1. The summed E-state index contributed by atoms with van der Waals surface area (Å²) < 4.78 is 10.4. The van der Waals surface area contributed by atoms with Crippen LogP contribution in [0.5, 0.6) is 5.88 Å². The number of nitrogens with zero attached hydrogens (tertiary/aromatic N) is 1. The summed E-state index contributed by atoms with van der Waals surface area (Å²) in [6.07, 6.45) is 0.947. The zero-order valence-corrected chi connectivity index (χ0v) is 12.0. The van der Waals surface area contributed by atoms with Crippen LogP contribution >= 0.6 is 11.6 Å². The van der Waals surface area contributed by atoms with Gasteiger partial charge in [0, 0.05) is 6.20 Å². The Morgan fingerprint density at radius 2 is 2.21 bits per heavy atom. The van der Waals surface area contributed by atoms with Crippen molar-refractivity contribution >= 4 is 23.4 Å². The number of pyridine rings is 1. The van der Waals surface area contributed by atoms with Crippen LogP contribution in [0.4, 0.5) is 10.5 Å². The molecule has 0 aliphatic rings. The second-order valence-corrected chi connectivity index (χ2v) is 5.26. The maximum absolute atomic E-state index is 11.3. The predicted molar refractivity (Wildman–Crippen MR) is 73.4 cm³/mol. The standard InChI is InChI=1S/C12H18ClN3O3/c1-12(2,3)19-11(17)15-4-5-18-10-9(14)6-8(13)7-16-10/h6-7H,4-5,14H2,1-3H3,(H,15,17). The molecule has 1 aromatic heterocycles. The topological polar surface area (TPSA) is 86.5 Å². The Morgan fingerprint density at radius 3 is 2.79 bits per heavy atom. The number of anilines is 1. The SMILES string of the molecule is CC(C)(C)OC(=O)NCCOc1ncc(Cl)cc1N. The number of nitrogen functional groups attached to an aromatic ring is 1. The van der Waals surface area contributed by atoms with Gasteiger partial charge < -0.3 is 20.5 Å². The normalized spacial score (nSPS) is 10.9. The van der Waals surface area contributed by atoms with Gasteiger partial charge in [-0.1, -0.05) is 11.6 Å². The van der Waals surface area contributed by atoms with E-state index in [0.717, 1.165) is 0 Å². The van der Waals surface area contributed by atoms with E-state index in [9.17, 15) is 4.79 Å². The summed E-state index contributed by atoms with van der Waals surface area (Å²) in [6.45, 7) is 5.90. The van der Waals surface area contributed by atoms with E-state index in [-0.39, 0.29) is 12.5 Å². The molecule has 0 saturated heterocycles. The lowest BCUT2D eigenvalue weighted by atomic mass is 10.2. The van der Waals surface area contributed by atoms with E-state index in [0.29, 0.717) is 17.3 Å². The minimum atomic E-state index is -0.521. The van der Waals surface area contributed by atoms with Gasteiger partial charge in [0.15, 0.2) is 0 Å². The number of hydrogen-bond acceptors (Lipinski definition) is 5. The van der Waals surface area contributed by atoms with Crippen molar-refractivity contribution in [2.75, 3.05) is 18.9 Å². The molecular weight excluding hydrogens is 270 g/mol. The van der Waals surface area contributed by atoms with Crippen molar-refractivity contribution in [3.8, 4) is 5.88 Å². The smallest absolute Gasteiger partial charge is 0.407 e. The van der Waals surface area contributed by atoms with Crippen LogP contribution in [0.1, 0.15) is 20.8 Å². The molecule has 7 heteroatoms. The van der Waals surface area contributed by atoms with E-state index < -0.39 is 11.7 Å². The Morgan fingerprint density at radius 1 is 1.53 bits per heavy atom. The third kappa shape index (κ3) is 6.15. The largest absolute Gasteiger partial charge is 0.474 e. The highest BCUT2D eigenvalue weighted by atomic mass is 35.5. The van der Waals surface area contributed by atoms with E-state index in [1.807, 2.05) is 0 Å². The van der Waals surface area contributed by atoms with Crippen LogP contribution in [0.25, 0.3) is 0 Å². The number of nitrogens with two attached hydrogens (primary N) is 1. The van der Waals surface area contributed by atoms with E-state index in [1.54, 1.807) is 26.8 Å². The zero-order valence-electron chi connectivity index (χ0n) is 11.2. The lowest BCUT2D eigenvalue weighted by Gasteiger charge is -2.19. The molecule has 0 saturated carbocycles. The summed E-state index contributed by atoms with van der Waals surface area (Å²) >= 11 is 5.71. The van der Waals surface area contributed by atoms with Crippen molar-refractivity contribution in [1.82, 2.24) is 10.3 Å². The Kier molecular flexibility index (Phi) is 5.23. The first-order chi connectivity index (χ1) is 8.78. The van der Waals surface area contributed by atoms with Crippen molar-refractivity contribution in [2.45, 2.75) is 26.4 Å². The van der Waals surface area contributed by atoms with Crippen molar-refractivity contribution in [1.29, 1.82) is 0 Å². The van der Waals surface area contributed by atoms with E-state index in [2.05, 4.69) is 10.3 Å². The summed E-state index contributed by atoms with van der Waals surface area (Å²) in [5.41, 5.74) is 5.49. The van der Waals surface area contributed by atoms with Crippen molar-refractivity contribution < 1.29 is 14.3 Å². The molecular formula is C12H18ClN3O3. The fourth-order valence-electron chi connectivity index (χ4n) is 1.18. The molecule has 0 fully saturated rings. The Labute approximate surface area is 117 Å². The molecule has 6 nitrogen and oxygen atoms in total. The Bertz CT molecular complexity index is 446. The number of ether oxygens (including phenoxy) is 2. The number of hydrogen-bond donors (Lipinski definition) is 2.